The summed E-state index contributed by atoms with van der Waals surface area (Å²) in [6.45, 7) is 5.14. The van der Waals surface area contributed by atoms with Gasteiger partial charge in [-0.2, -0.15) is 4.72 Å². The van der Waals surface area contributed by atoms with Crippen molar-refractivity contribution in [3.05, 3.63) is 65.7 Å². The van der Waals surface area contributed by atoms with Gasteiger partial charge in [-0.25, -0.2) is 8.42 Å². The lowest BCUT2D eigenvalue weighted by atomic mass is 10.0. The molecule has 0 saturated carbocycles. The lowest BCUT2D eigenvalue weighted by Gasteiger charge is -2.35. The maximum atomic E-state index is 13.6. The molecule has 39 heavy (non-hydrogen) atoms. The first kappa shape index (κ1) is 29.6. The Morgan fingerprint density at radius 2 is 1.82 bits per heavy atom. The molecule has 2 aromatic rings. The number of nitrogens with one attached hydrogen (secondary N) is 1. The fraction of sp³-hybridized carbons (Fsp3) is 0.536. The molecule has 2 aliphatic rings. The van der Waals surface area contributed by atoms with E-state index >= 15 is 0 Å². The molecule has 0 amide bonds. The van der Waals surface area contributed by atoms with E-state index in [0.29, 0.717) is 13.0 Å². The average Bonchev–Trinajstić information content (AvgIpc) is 3.25. The number of benzene rings is 2. The van der Waals surface area contributed by atoms with Crippen molar-refractivity contribution in [2.75, 3.05) is 13.2 Å². The second kappa shape index (κ2) is 12.9. The zero-order valence-electron chi connectivity index (χ0n) is 22.4. The van der Waals surface area contributed by atoms with Crippen LogP contribution in [0, 0.1) is 6.92 Å². The van der Waals surface area contributed by atoms with Gasteiger partial charge >= 0.3 is 5.97 Å². The van der Waals surface area contributed by atoms with Crippen molar-refractivity contribution in [3.8, 4) is 0 Å². The van der Waals surface area contributed by atoms with Crippen molar-refractivity contribution >= 4 is 16.0 Å². The van der Waals surface area contributed by atoms with Crippen LogP contribution in [-0.4, -0.2) is 69.1 Å². The number of hydrogen-bond acceptors (Lipinski definition) is 9. The molecule has 2 unspecified atom stereocenters. The third-order valence-electron chi connectivity index (χ3n) is 6.59. The Morgan fingerprint density at radius 1 is 1.10 bits per heavy atom. The van der Waals surface area contributed by atoms with Crippen LogP contribution in [0.2, 0.25) is 0 Å². The number of aliphatic hydroxyl groups excluding tert-OH is 1. The van der Waals surface area contributed by atoms with Gasteiger partial charge in [-0.3, -0.25) is 4.79 Å². The van der Waals surface area contributed by atoms with Crippen LogP contribution in [0.25, 0.3) is 0 Å². The van der Waals surface area contributed by atoms with Gasteiger partial charge in [0.05, 0.1) is 11.5 Å². The van der Waals surface area contributed by atoms with E-state index in [9.17, 15) is 18.3 Å². The molecule has 4 rings (SSSR count). The van der Waals surface area contributed by atoms with Crippen LogP contribution in [0.5, 0.6) is 0 Å². The van der Waals surface area contributed by atoms with Crippen LogP contribution in [0.4, 0.5) is 0 Å². The first-order valence-corrected chi connectivity index (χ1v) is 14.6. The predicted molar refractivity (Wildman–Crippen MR) is 141 cm³/mol. The summed E-state index contributed by atoms with van der Waals surface area (Å²) in [7, 11) is -4.20. The van der Waals surface area contributed by atoms with Gasteiger partial charge in [-0.05, 0) is 57.7 Å². The van der Waals surface area contributed by atoms with Gasteiger partial charge in [0.2, 0.25) is 10.0 Å². The predicted octanol–water partition coefficient (Wildman–Crippen LogP) is 2.81. The summed E-state index contributed by atoms with van der Waals surface area (Å²) in [5.41, 5.74) is 1.61. The van der Waals surface area contributed by atoms with E-state index < -0.39 is 59.0 Å². The highest BCUT2D eigenvalue weighted by molar-refractivity contribution is 7.89. The average molecular weight is 564 g/mol. The van der Waals surface area contributed by atoms with Crippen molar-refractivity contribution in [1.29, 1.82) is 0 Å². The topological polar surface area (TPSA) is 130 Å². The van der Waals surface area contributed by atoms with E-state index in [0.717, 1.165) is 24.0 Å². The molecule has 0 aromatic heterocycles. The molecule has 214 valence electrons. The molecule has 5 atom stereocenters. The summed E-state index contributed by atoms with van der Waals surface area (Å²) >= 11 is 0. The second-order valence-electron chi connectivity index (χ2n) is 10.2. The van der Waals surface area contributed by atoms with Gasteiger partial charge in [-0.1, -0.05) is 48.0 Å². The molecule has 2 fully saturated rings. The van der Waals surface area contributed by atoms with Crippen molar-refractivity contribution in [2.45, 2.75) is 88.0 Å². The van der Waals surface area contributed by atoms with Crippen molar-refractivity contribution < 1.29 is 42.0 Å². The summed E-state index contributed by atoms with van der Waals surface area (Å²) in [4.78, 5) is 13.6. The summed E-state index contributed by atoms with van der Waals surface area (Å²) in [5.74, 6) is -1.97. The minimum absolute atomic E-state index is 0.0238. The molecule has 10 nitrogen and oxygen atoms in total. The van der Waals surface area contributed by atoms with E-state index in [2.05, 4.69) is 4.72 Å². The van der Waals surface area contributed by atoms with Crippen LogP contribution in [0.3, 0.4) is 0 Å². The number of carbonyl (C=O) groups excluding carboxylic acids is 1. The van der Waals surface area contributed by atoms with Gasteiger partial charge < -0.3 is 28.8 Å². The Morgan fingerprint density at radius 3 is 2.46 bits per heavy atom. The summed E-state index contributed by atoms with van der Waals surface area (Å²) in [6, 6.07) is 13.8. The third kappa shape index (κ3) is 7.85. The Labute approximate surface area is 229 Å². The molecular weight excluding hydrogens is 526 g/mol. The highest BCUT2D eigenvalue weighted by atomic mass is 32.2. The quantitative estimate of drug-likeness (QED) is 0.397. The Balaban J connectivity index is 1.69. The molecule has 0 aliphatic carbocycles. The monoisotopic (exact) mass is 563 g/mol. The Bertz CT molecular complexity index is 1180. The van der Waals surface area contributed by atoms with E-state index in [1.165, 1.54) is 12.1 Å². The van der Waals surface area contributed by atoms with Crippen LogP contribution in [0.15, 0.2) is 59.5 Å². The highest BCUT2D eigenvalue weighted by Crippen LogP contribution is 2.34. The Kier molecular flexibility index (Phi) is 9.76. The number of aliphatic hydroxyl groups is 1. The maximum Gasteiger partial charge on any atom is 0.327 e. The first-order valence-electron chi connectivity index (χ1n) is 13.1. The zero-order chi connectivity index (χ0) is 28.0. The minimum Gasteiger partial charge on any atom is -0.460 e. The molecule has 2 N–H and O–H groups in total. The maximum absolute atomic E-state index is 13.6. The van der Waals surface area contributed by atoms with Gasteiger partial charge in [0, 0.05) is 6.61 Å². The van der Waals surface area contributed by atoms with Gasteiger partial charge in [-0.15, -0.1) is 0 Å². The number of hydrogen-bond donors (Lipinski definition) is 2. The third-order valence-corrected chi connectivity index (χ3v) is 8.05. The standard InChI is InChI=1S/C28H37NO9S/c1-19-12-14-21(15-13-19)39(32,33)29-24(27(31)35-18-20-9-5-4-6-10-20)26(36-23-11-7-8-16-34-23)25-22(17-30)37-28(2,3)38-25/h4-6,9-10,12-15,22-26,29-30H,7-8,11,16-18H2,1-3H3/t22-,23?,24?,25+,26-/m0/s1. The van der Waals surface area contributed by atoms with Crippen molar-refractivity contribution in [2.24, 2.45) is 0 Å². The van der Waals surface area contributed by atoms with E-state index in [1.807, 2.05) is 25.1 Å². The number of ether oxygens (including phenoxy) is 5. The number of carbonyl (C=O) groups is 1. The number of rotatable bonds is 11. The van der Waals surface area contributed by atoms with Crippen molar-refractivity contribution in [3.63, 3.8) is 0 Å². The van der Waals surface area contributed by atoms with Crippen LogP contribution in [0.1, 0.15) is 44.2 Å². The van der Waals surface area contributed by atoms with E-state index in [-0.39, 0.29) is 11.5 Å². The molecule has 11 heteroatoms. The molecule has 2 saturated heterocycles. The zero-order valence-corrected chi connectivity index (χ0v) is 23.3. The fourth-order valence-electron chi connectivity index (χ4n) is 4.64. The number of sulfonamides is 1. The fourth-order valence-corrected chi connectivity index (χ4v) is 5.84. The smallest absolute Gasteiger partial charge is 0.327 e. The van der Waals surface area contributed by atoms with Crippen LogP contribution >= 0.6 is 0 Å². The van der Waals surface area contributed by atoms with Gasteiger partial charge in [0.25, 0.3) is 0 Å². The number of aryl methyl sites for hydroxylation is 1. The van der Waals surface area contributed by atoms with Gasteiger partial charge in [0.15, 0.2) is 12.1 Å². The van der Waals surface area contributed by atoms with Gasteiger partial charge in [0.1, 0.15) is 31.0 Å². The van der Waals surface area contributed by atoms with E-state index in [4.69, 9.17) is 23.7 Å². The highest BCUT2D eigenvalue weighted by Gasteiger charge is 2.51. The minimum atomic E-state index is -4.20. The summed E-state index contributed by atoms with van der Waals surface area (Å²) in [5, 5.41) is 10.1. The molecule has 2 aliphatic heterocycles. The lowest BCUT2D eigenvalue weighted by Crippen LogP contribution is -2.58. The molecule has 0 bridgehead atoms. The summed E-state index contributed by atoms with van der Waals surface area (Å²) < 4.78 is 59.1. The normalized spacial score (nSPS) is 24.7. The number of esters is 1. The van der Waals surface area contributed by atoms with Crippen molar-refractivity contribution in [1.82, 2.24) is 4.72 Å². The molecule has 0 radical (unpaired) electrons. The summed E-state index contributed by atoms with van der Waals surface area (Å²) in [6.07, 6.45) is -1.59. The molecular formula is C28H37NO9S. The van der Waals surface area contributed by atoms with Crippen LogP contribution in [-0.2, 0) is 45.1 Å². The molecule has 0 spiro atoms. The van der Waals surface area contributed by atoms with E-state index in [1.54, 1.807) is 38.1 Å². The second-order valence-corrected chi connectivity index (χ2v) is 11.9. The molecule has 2 heterocycles. The molecule has 2 aromatic carbocycles. The lowest BCUT2D eigenvalue weighted by molar-refractivity contribution is -0.226. The first-order chi connectivity index (χ1) is 18.6. The largest absolute Gasteiger partial charge is 0.460 e. The SMILES string of the molecule is Cc1ccc(S(=O)(=O)NC(C(=O)OCc2ccccc2)[C@H](OC2CCCCO2)[C@@H]2OC(C)(C)O[C@H]2CO)cc1. The Hall–Kier alpha value is -2.38. The van der Waals surface area contributed by atoms with Crippen LogP contribution < -0.4 is 4.72 Å².